The lowest BCUT2D eigenvalue weighted by atomic mass is 10.0. The first-order chi connectivity index (χ1) is 17.8. The van der Waals surface area contributed by atoms with Crippen LogP contribution in [0.2, 0.25) is 5.02 Å². The molecule has 0 fully saturated rings. The fourth-order valence-corrected chi connectivity index (χ4v) is 3.89. The van der Waals surface area contributed by atoms with E-state index in [4.69, 9.17) is 11.6 Å². The highest BCUT2D eigenvalue weighted by molar-refractivity contribution is 6.34. The molecule has 7 nitrogen and oxygen atoms in total. The Hall–Kier alpha value is -4.62. The monoisotopic (exact) mass is 512 g/mol. The number of fused-ring (bicyclic) bond motifs is 1. The molecule has 37 heavy (non-hydrogen) atoms. The number of aromatic hydroxyl groups is 1. The van der Waals surface area contributed by atoms with Crippen molar-refractivity contribution in [3.8, 4) is 5.75 Å². The second-order valence-corrected chi connectivity index (χ2v) is 8.80. The van der Waals surface area contributed by atoms with Gasteiger partial charge in [-0.2, -0.15) is 5.10 Å². The van der Waals surface area contributed by atoms with Gasteiger partial charge in [0.15, 0.2) is 0 Å². The first kappa shape index (κ1) is 25.5. The highest BCUT2D eigenvalue weighted by Gasteiger charge is 2.16. The van der Waals surface area contributed by atoms with Crippen LogP contribution in [0.3, 0.4) is 0 Å². The molecule has 0 saturated heterocycles. The van der Waals surface area contributed by atoms with Crippen LogP contribution in [0.5, 0.6) is 5.75 Å². The van der Waals surface area contributed by atoms with Gasteiger partial charge in [-0.05, 0) is 52.7 Å². The number of nitrogens with one attached hydrogen (secondary N) is 2. The number of carbonyl (C=O) groups is 2. The molecule has 0 radical (unpaired) electrons. The number of halogens is 1. The number of amides is 2. The Morgan fingerprint density at radius 1 is 0.919 bits per heavy atom. The number of anilines is 1. The van der Waals surface area contributed by atoms with Crippen LogP contribution in [-0.2, 0) is 4.79 Å². The van der Waals surface area contributed by atoms with Gasteiger partial charge in [0.05, 0.1) is 16.8 Å². The van der Waals surface area contributed by atoms with E-state index in [2.05, 4.69) is 15.8 Å². The zero-order valence-electron chi connectivity index (χ0n) is 20.3. The number of carbonyl (C=O) groups excluding carboxylic acids is 2. The van der Waals surface area contributed by atoms with Gasteiger partial charge in [0.1, 0.15) is 11.4 Å². The van der Waals surface area contributed by atoms with Gasteiger partial charge in [0.2, 0.25) is 0 Å². The number of rotatable bonds is 7. The van der Waals surface area contributed by atoms with Crippen molar-refractivity contribution in [3.63, 3.8) is 0 Å². The molecule has 0 heterocycles. The van der Waals surface area contributed by atoms with E-state index in [1.807, 2.05) is 67.5 Å². The van der Waals surface area contributed by atoms with E-state index in [9.17, 15) is 14.7 Å². The minimum absolute atomic E-state index is 0.0261. The Kier molecular flexibility index (Phi) is 7.86. The molecule has 0 aromatic heterocycles. The molecule has 4 aromatic carbocycles. The van der Waals surface area contributed by atoms with Gasteiger partial charge in [0, 0.05) is 25.3 Å². The van der Waals surface area contributed by atoms with Gasteiger partial charge in [-0.1, -0.05) is 66.2 Å². The van der Waals surface area contributed by atoms with Crippen molar-refractivity contribution in [2.24, 2.45) is 5.10 Å². The predicted molar refractivity (Wildman–Crippen MR) is 149 cm³/mol. The average Bonchev–Trinajstić information content (AvgIpc) is 2.90. The molecule has 0 unspecified atom stereocenters. The second-order valence-electron chi connectivity index (χ2n) is 8.40. The van der Waals surface area contributed by atoms with Crippen molar-refractivity contribution in [1.29, 1.82) is 0 Å². The third kappa shape index (κ3) is 6.15. The lowest BCUT2D eigenvalue weighted by Gasteiger charge is -2.13. The Bertz CT molecular complexity index is 1510. The van der Waals surface area contributed by atoms with Gasteiger partial charge in [-0.3, -0.25) is 9.59 Å². The summed E-state index contributed by atoms with van der Waals surface area (Å²) in [5.41, 5.74) is 4.79. The van der Waals surface area contributed by atoms with E-state index in [-0.39, 0.29) is 22.0 Å². The number of phenols is 1. The zero-order chi connectivity index (χ0) is 26.4. The minimum atomic E-state index is -0.645. The summed E-state index contributed by atoms with van der Waals surface area (Å²) in [6.07, 6.45) is 2.92. The van der Waals surface area contributed by atoms with Gasteiger partial charge >= 0.3 is 0 Å². The third-order valence-corrected chi connectivity index (χ3v) is 5.97. The molecule has 3 N–H and O–H groups in total. The third-order valence-electron chi connectivity index (χ3n) is 5.64. The zero-order valence-corrected chi connectivity index (χ0v) is 21.0. The highest BCUT2D eigenvalue weighted by Crippen LogP contribution is 2.25. The van der Waals surface area contributed by atoms with E-state index < -0.39 is 11.8 Å². The molecule has 4 rings (SSSR count). The molecule has 186 valence electrons. The van der Waals surface area contributed by atoms with Crippen LogP contribution in [0.15, 0.2) is 95.7 Å². The minimum Gasteiger partial charge on any atom is -0.507 e. The van der Waals surface area contributed by atoms with E-state index in [0.717, 1.165) is 16.5 Å². The predicted octanol–water partition coefficient (Wildman–Crippen LogP) is 5.19. The van der Waals surface area contributed by atoms with Crippen LogP contribution in [0, 0.1) is 0 Å². The van der Waals surface area contributed by atoms with Crippen LogP contribution in [-0.4, -0.2) is 37.2 Å². The van der Waals surface area contributed by atoms with Crippen molar-refractivity contribution < 1.29 is 14.7 Å². The Morgan fingerprint density at radius 2 is 1.62 bits per heavy atom. The number of hydrogen-bond donors (Lipinski definition) is 3. The van der Waals surface area contributed by atoms with Gasteiger partial charge in [-0.25, -0.2) is 5.43 Å². The Balaban J connectivity index is 1.61. The van der Waals surface area contributed by atoms with Crippen molar-refractivity contribution in [2.45, 2.75) is 0 Å². The first-order valence-corrected chi connectivity index (χ1v) is 11.8. The standard InChI is InChI=1S/C29H25ClN4O3/c1-34(2)21-14-11-19(12-15-21)17-26(32-28(36)23-9-5-6-10-25(23)30)29(37)33-31-18-24-22-8-4-3-7-20(22)13-16-27(24)35/h3-18,35H,1-2H3,(H,32,36)(H,33,37). The molecule has 0 bridgehead atoms. The van der Waals surface area contributed by atoms with Gasteiger partial charge < -0.3 is 15.3 Å². The summed E-state index contributed by atoms with van der Waals surface area (Å²) in [5, 5.41) is 19.0. The molecule has 2 amide bonds. The number of hydrogen-bond acceptors (Lipinski definition) is 5. The molecule has 4 aromatic rings. The topological polar surface area (TPSA) is 94.0 Å². The molecular weight excluding hydrogens is 488 g/mol. The maximum atomic E-state index is 13.1. The van der Waals surface area contributed by atoms with Crippen LogP contribution in [0.4, 0.5) is 5.69 Å². The van der Waals surface area contributed by atoms with Crippen LogP contribution >= 0.6 is 11.6 Å². The van der Waals surface area contributed by atoms with Crippen molar-refractivity contribution in [1.82, 2.24) is 10.7 Å². The molecule has 0 saturated carbocycles. The summed E-state index contributed by atoms with van der Waals surface area (Å²) in [6.45, 7) is 0. The number of phenolic OH excluding ortho intramolecular Hbond substituents is 1. The maximum Gasteiger partial charge on any atom is 0.287 e. The van der Waals surface area contributed by atoms with Crippen molar-refractivity contribution in [3.05, 3.63) is 112 Å². The van der Waals surface area contributed by atoms with Crippen LogP contribution < -0.4 is 15.6 Å². The summed E-state index contributed by atoms with van der Waals surface area (Å²) in [5.74, 6) is -1.15. The Morgan fingerprint density at radius 3 is 2.35 bits per heavy atom. The lowest BCUT2D eigenvalue weighted by molar-refractivity contribution is -0.117. The summed E-state index contributed by atoms with van der Waals surface area (Å²) in [4.78, 5) is 28.0. The molecule has 0 spiro atoms. The second kappa shape index (κ2) is 11.4. The average molecular weight is 513 g/mol. The summed E-state index contributed by atoms with van der Waals surface area (Å²) in [6, 6.07) is 24.9. The first-order valence-electron chi connectivity index (χ1n) is 11.4. The highest BCUT2D eigenvalue weighted by atomic mass is 35.5. The fourth-order valence-electron chi connectivity index (χ4n) is 3.66. The van der Waals surface area contributed by atoms with E-state index in [1.165, 1.54) is 6.21 Å². The van der Waals surface area contributed by atoms with Crippen LogP contribution in [0.25, 0.3) is 16.8 Å². The number of benzene rings is 4. The molecule has 8 heteroatoms. The van der Waals surface area contributed by atoms with Gasteiger partial charge in [0.25, 0.3) is 11.8 Å². The largest absolute Gasteiger partial charge is 0.507 e. The summed E-state index contributed by atoms with van der Waals surface area (Å²) in [7, 11) is 3.86. The SMILES string of the molecule is CN(C)c1ccc(C=C(NC(=O)c2ccccc2Cl)C(=O)NN=Cc2c(O)ccc3ccccc23)cc1. The fraction of sp³-hybridized carbons (Fsp3) is 0.0690. The van der Waals surface area contributed by atoms with Crippen LogP contribution in [0.1, 0.15) is 21.5 Å². The van der Waals surface area contributed by atoms with Crippen molar-refractivity contribution in [2.75, 3.05) is 19.0 Å². The Labute approximate surface area is 219 Å². The molecule has 0 aliphatic rings. The lowest BCUT2D eigenvalue weighted by Crippen LogP contribution is -2.33. The molecule has 0 atom stereocenters. The number of hydrazone groups is 1. The molecule has 0 aliphatic carbocycles. The van der Waals surface area contributed by atoms with Gasteiger partial charge in [-0.15, -0.1) is 0 Å². The molecule has 0 aliphatic heterocycles. The van der Waals surface area contributed by atoms with E-state index >= 15 is 0 Å². The summed E-state index contributed by atoms with van der Waals surface area (Å²) < 4.78 is 0. The number of nitrogens with zero attached hydrogens (tertiary/aromatic N) is 2. The van der Waals surface area contributed by atoms with E-state index in [0.29, 0.717) is 11.1 Å². The maximum absolute atomic E-state index is 13.1. The molecular formula is C29H25ClN4O3. The quantitative estimate of drug-likeness (QED) is 0.180. The van der Waals surface area contributed by atoms with Crippen molar-refractivity contribution >= 4 is 52.2 Å². The van der Waals surface area contributed by atoms with E-state index in [1.54, 1.807) is 42.5 Å². The normalized spacial score (nSPS) is 11.5. The smallest absolute Gasteiger partial charge is 0.287 e. The summed E-state index contributed by atoms with van der Waals surface area (Å²) >= 11 is 6.17.